The molecule has 0 heterocycles. The van der Waals surface area contributed by atoms with E-state index < -0.39 is 0 Å². The quantitative estimate of drug-likeness (QED) is 0.491. The molecule has 0 atom stereocenters. The Balaban J connectivity index is 2.66. The molecule has 0 unspecified atom stereocenters. The first-order valence-electron chi connectivity index (χ1n) is 8.17. The van der Waals surface area contributed by atoms with Crippen LogP contribution in [0.3, 0.4) is 0 Å². The largest absolute Gasteiger partial charge is 0.466 e. The van der Waals surface area contributed by atoms with Crippen molar-refractivity contribution in [3.8, 4) is 0 Å². The third kappa shape index (κ3) is 7.28. The molecule has 23 heavy (non-hydrogen) atoms. The zero-order valence-electron chi connectivity index (χ0n) is 14.3. The number of carbonyl (C=O) groups is 2. The zero-order chi connectivity index (χ0) is 17.1. The molecule has 5 heteroatoms. The summed E-state index contributed by atoms with van der Waals surface area (Å²) < 4.78 is 10.3. The number of hydrogen-bond donors (Lipinski definition) is 0. The lowest BCUT2D eigenvalue weighted by Crippen LogP contribution is -2.34. The molecule has 0 aliphatic carbocycles. The third-order valence-corrected chi connectivity index (χ3v) is 3.40. The summed E-state index contributed by atoms with van der Waals surface area (Å²) in [5, 5.41) is 0. The van der Waals surface area contributed by atoms with Gasteiger partial charge in [0.15, 0.2) is 0 Å². The summed E-state index contributed by atoms with van der Waals surface area (Å²) in [5.74, 6) is -0.343. The highest BCUT2D eigenvalue weighted by atomic mass is 16.5. The molecule has 0 fully saturated rings. The molecule has 0 aromatic heterocycles. The number of rotatable bonds is 10. The van der Waals surface area contributed by atoms with Crippen LogP contribution >= 0.6 is 0 Å². The SMILES string of the molecule is CCOCCCN(CCC(=O)OCC)C(=O)c1ccc(C)cc1. The summed E-state index contributed by atoms with van der Waals surface area (Å²) in [6.07, 6.45) is 0.953. The Morgan fingerprint density at radius 2 is 1.74 bits per heavy atom. The molecule has 5 nitrogen and oxygen atoms in total. The number of esters is 1. The minimum Gasteiger partial charge on any atom is -0.466 e. The second-order valence-electron chi connectivity index (χ2n) is 5.26. The molecule has 0 spiro atoms. The van der Waals surface area contributed by atoms with Crippen molar-refractivity contribution in [2.75, 3.05) is 32.9 Å². The van der Waals surface area contributed by atoms with Crippen LogP contribution in [0.4, 0.5) is 0 Å². The smallest absolute Gasteiger partial charge is 0.307 e. The highest BCUT2D eigenvalue weighted by Gasteiger charge is 2.17. The van der Waals surface area contributed by atoms with Crippen molar-refractivity contribution in [1.82, 2.24) is 4.90 Å². The van der Waals surface area contributed by atoms with Gasteiger partial charge in [0.1, 0.15) is 0 Å². The van der Waals surface area contributed by atoms with Crippen LogP contribution in [0.2, 0.25) is 0 Å². The van der Waals surface area contributed by atoms with Gasteiger partial charge < -0.3 is 14.4 Å². The average molecular weight is 321 g/mol. The van der Waals surface area contributed by atoms with E-state index in [0.29, 0.717) is 38.5 Å². The van der Waals surface area contributed by atoms with Gasteiger partial charge in [0.25, 0.3) is 5.91 Å². The number of carbonyl (C=O) groups excluding carboxylic acids is 2. The van der Waals surface area contributed by atoms with Gasteiger partial charge in [0, 0.05) is 31.9 Å². The Kier molecular flexibility index (Phi) is 8.98. The van der Waals surface area contributed by atoms with E-state index in [1.165, 1.54) is 0 Å². The first-order chi connectivity index (χ1) is 11.1. The van der Waals surface area contributed by atoms with Crippen molar-refractivity contribution in [3.63, 3.8) is 0 Å². The van der Waals surface area contributed by atoms with Crippen LogP contribution in [-0.2, 0) is 14.3 Å². The molecule has 0 aliphatic rings. The molecule has 1 aromatic rings. The van der Waals surface area contributed by atoms with Crippen LogP contribution in [0.1, 0.15) is 42.6 Å². The van der Waals surface area contributed by atoms with Gasteiger partial charge in [0.2, 0.25) is 0 Å². The van der Waals surface area contributed by atoms with Crippen LogP contribution in [0.25, 0.3) is 0 Å². The molecule has 0 aliphatic heterocycles. The topological polar surface area (TPSA) is 55.8 Å². The minimum absolute atomic E-state index is 0.0641. The van der Waals surface area contributed by atoms with Crippen LogP contribution in [-0.4, -0.2) is 49.7 Å². The van der Waals surface area contributed by atoms with Gasteiger partial charge in [-0.3, -0.25) is 9.59 Å². The van der Waals surface area contributed by atoms with E-state index in [1.54, 1.807) is 11.8 Å². The number of amides is 1. The van der Waals surface area contributed by atoms with Crippen molar-refractivity contribution < 1.29 is 19.1 Å². The van der Waals surface area contributed by atoms with Crippen LogP contribution in [0, 0.1) is 6.92 Å². The Hall–Kier alpha value is -1.88. The monoisotopic (exact) mass is 321 g/mol. The average Bonchev–Trinajstić information content (AvgIpc) is 2.54. The highest BCUT2D eigenvalue weighted by molar-refractivity contribution is 5.94. The molecule has 0 saturated carbocycles. The lowest BCUT2D eigenvalue weighted by Gasteiger charge is -2.22. The van der Waals surface area contributed by atoms with Gasteiger partial charge in [-0.2, -0.15) is 0 Å². The highest BCUT2D eigenvalue weighted by Crippen LogP contribution is 2.09. The van der Waals surface area contributed by atoms with Gasteiger partial charge in [-0.15, -0.1) is 0 Å². The maximum absolute atomic E-state index is 12.6. The summed E-state index contributed by atoms with van der Waals surface area (Å²) in [7, 11) is 0. The second kappa shape index (κ2) is 10.8. The molecule has 0 bridgehead atoms. The molecule has 0 radical (unpaired) electrons. The second-order valence-corrected chi connectivity index (χ2v) is 5.26. The Morgan fingerprint density at radius 1 is 1.04 bits per heavy atom. The van der Waals surface area contributed by atoms with Crippen LogP contribution in [0.5, 0.6) is 0 Å². The van der Waals surface area contributed by atoms with Crippen LogP contribution in [0.15, 0.2) is 24.3 Å². The fourth-order valence-electron chi connectivity index (χ4n) is 2.15. The molecular weight excluding hydrogens is 294 g/mol. The molecule has 1 aromatic carbocycles. The summed E-state index contributed by atoms with van der Waals surface area (Å²) >= 11 is 0. The van der Waals surface area contributed by atoms with Crippen molar-refractivity contribution in [3.05, 3.63) is 35.4 Å². The number of aryl methyl sites for hydroxylation is 1. The maximum Gasteiger partial charge on any atom is 0.307 e. The van der Waals surface area contributed by atoms with E-state index in [1.807, 2.05) is 38.1 Å². The minimum atomic E-state index is -0.279. The van der Waals surface area contributed by atoms with Crippen molar-refractivity contribution in [2.45, 2.75) is 33.6 Å². The van der Waals surface area contributed by atoms with E-state index in [-0.39, 0.29) is 18.3 Å². The predicted molar refractivity (Wildman–Crippen MR) is 89.4 cm³/mol. The molecule has 0 N–H and O–H groups in total. The molecule has 0 saturated heterocycles. The number of nitrogens with zero attached hydrogens (tertiary/aromatic N) is 1. The van der Waals surface area contributed by atoms with Crippen LogP contribution < -0.4 is 0 Å². The Morgan fingerprint density at radius 3 is 2.35 bits per heavy atom. The van der Waals surface area contributed by atoms with Gasteiger partial charge in [-0.1, -0.05) is 17.7 Å². The van der Waals surface area contributed by atoms with E-state index in [4.69, 9.17) is 9.47 Å². The van der Waals surface area contributed by atoms with Gasteiger partial charge in [-0.25, -0.2) is 0 Å². The third-order valence-electron chi connectivity index (χ3n) is 3.40. The van der Waals surface area contributed by atoms with E-state index in [2.05, 4.69) is 0 Å². The fourth-order valence-corrected chi connectivity index (χ4v) is 2.15. The van der Waals surface area contributed by atoms with Crippen molar-refractivity contribution in [2.24, 2.45) is 0 Å². The van der Waals surface area contributed by atoms with E-state index in [9.17, 15) is 9.59 Å². The molecule has 128 valence electrons. The first kappa shape index (κ1) is 19.2. The normalized spacial score (nSPS) is 10.4. The predicted octanol–water partition coefficient (Wildman–Crippen LogP) is 2.82. The Bertz CT molecular complexity index is 484. The molecular formula is C18H27NO4. The first-order valence-corrected chi connectivity index (χ1v) is 8.17. The Labute approximate surface area is 138 Å². The summed E-state index contributed by atoms with van der Waals surface area (Å²) in [5.41, 5.74) is 1.74. The van der Waals surface area contributed by atoms with Gasteiger partial charge >= 0.3 is 5.97 Å². The molecule has 1 rings (SSSR count). The summed E-state index contributed by atoms with van der Waals surface area (Å²) in [4.78, 5) is 25.9. The lowest BCUT2D eigenvalue weighted by molar-refractivity contribution is -0.143. The number of hydrogen-bond acceptors (Lipinski definition) is 4. The zero-order valence-corrected chi connectivity index (χ0v) is 14.3. The van der Waals surface area contributed by atoms with E-state index in [0.717, 1.165) is 12.0 Å². The van der Waals surface area contributed by atoms with Crippen molar-refractivity contribution in [1.29, 1.82) is 0 Å². The van der Waals surface area contributed by atoms with Gasteiger partial charge in [0.05, 0.1) is 13.0 Å². The maximum atomic E-state index is 12.6. The number of benzene rings is 1. The summed E-state index contributed by atoms with van der Waals surface area (Å²) in [6, 6.07) is 7.46. The lowest BCUT2D eigenvalue weighted by atomic mass is 10.1. The fraction of sp³-hybridized carbons (Fsp3) is 0.556. The van der Waals surface area contributed by atoms with E-state index >= 15 is 0 Å². The van der Waals surface area contributed by atoms with Crippen molar-refractivity contribution >= 4 is 11.9 Å². The standard InChI is InChI=1S/C18H27NO4/c1-4-22-14-6-12-19(13-11-17(20)23-5-2)18(21)16-9-7-15(3)8-10-16/h7-10H,4-6,11-14H2,1-3H3. The number of ether oxygens (including phenoxy) is 2. The molecule has 1 amide bonds. The van der Waals surface area contributed by atoms with Gasteiger partial charge in [-0.05, 0) is 39.3 Å². The summed E-state index contributed by atoms with van der Waals surface area (Å²) in [6.45, 7) is 8.24.